The van der Waals surface area contributed by atoms with Gasteiger partial charge >= 0.3 is 0 Å². The standard InChI is InChI=1S/C25H25N3O4S/c1-30-18-8-6-17(7-9-18)20(28-12-14-31-15-13-28)16-26-24(29)21-10-11-22(32-21)25-27-19-4-2-3-5-23(19)33-25/h2-11,20H,12-16H2,1H3,(H,26,29)/t20-/m1/s1. The quantitative estimate of drug-likeness (QED) is 0.439. The van der Waals surface area contributed by atoms with E-state index in [1.165, 1.54) is 0 Å². The molecule has 0 saturated carbocycles. The maximum atomic E-state index is 12.9. The van der Waals surface area contributed by atoms with Crippen molar-refractivity contribution in [3.05, 3.63) is 72.0 Å². The molecule has 1 amide bonds. The maximum absolute atomic E-state index is 12.9. The number of ether oxygens (including phenoxy) is 2. The molecule has 0 spiro atoms. The second-order valence-corrected chi connectivity index (χ2v) is 8.83. The fourth-order valence-electron chi connectivity index (χ4n) is 4.00. The highest BCUT2D eigenvalue weighted by Crippen LogP contribution is 2.31. The fourth-order valence-corrected chi connectivity index (χ4v) is 4.93. The first-order chi connectivity index (χ1) is 16.2. The van der Waals surface area contributed by atoms with E-state index in [0.29, 0.717) is 25.5 Å². The Morgan fingerprint density at radius 1 is 1.12 bits per heavy atom. The summed E-state index contributed by atoms with van der Waals surface area (Å²) in [5.41, 5.74) is 2.04. The molecule has 4 aromatic rings. The van der Waals surface area contributed by atoms with E-state index in [2.05, 4.69) is 15.2 Å². The number of nitrogens with one attached hydrogen (secondary N) is 1. The molecule has 7 nitrogen and oxygen atoms in total. The summed E-state index contributed by atoms with van der Waals surface area (Å²) >= 11 is 1.55. The topological polar surface area (TPSA) is 76.8 Å². The Balaban J connectivity index is 1.30. The number of para-hydroxylation sites is 1. The third kappa shape index (κ3) is 4.78. The first kappa shape index (κ1) is 21.6. The zero-order valence-corrected chi connectivity index (χ0v) is 19.1. The highest BCUT2D eigenvalue weighted by atomic mass is 32.1. The smallest absolute Gasteiger partial charge is 0.287 e. The molecule has 0 radical (unpaired) electrons. The van der Waals surface area contributed by atoms with Crippen LogP contribution in [0.5, 0.6) is 5.75 Å². The Bertz CT molecular complexity index is 1190. The number of morpholine rings is 1. The number of fused-ring (bicyclic) bond motifs is 1. The Labute approximate surface area is 195 Å². The van der Waals surface area contributed by atoms with Crippen molar-refractivity contribution in [3.63, 3.8) is 0 Å². The van der Waals surface area contributed by atoms with E-state index in [0.717, 1.165) is 39.6 Å². The van der Waals surface area contributed by atoms with Gasteiger partial charge in [0.1, 0.15) is 5.75 Å². The van der Waals surface area contributed by atoms with Crippen molar-refractivity contribution >= 4 is 27.5 Å². The number of benzene rings is 2. The molecule has 1 aliphatic rings. The van der Waals surface area contributed by atoms with E-state index in [9.17, 15) is 4.79 Å². The van der Waals surface area contributed by atoms with Crippen LogP contribution >= 0.6 is 11.3 Å². The summed E-state index contributed by atoms with van der Waals surface area (Å²) < 4.78 is 17.7. The molecule has 8 heteroatoms. The van der Waals surface area contributed by atoms with Crippen molar-refractivity contribution in [2.75, 3.05) is 40.0 Å². The van der Waals surface area contributed by atoms with Crippen molar-refractivity contribution in [2.45, 2.75) is 6.04 Å². The molecule has 1 fully saturated rings. The molecule has 1 atom stereocenters. The summed E-state index contributed by atoms with van der Waals surface area (Å²) in [4.78, 5) is 19.8. The lowest BCUT2D eigenvalue weighted by Crippen LogP contribution is -2.43. The number of rotatable bonds is 7. The van der Waals surface area contributed by atoms with Gasteiger partial charge in [-0.25, -0.2) is 4.98 Å². The van der Waals surface area contributed by atoms with Gasteiger partial charge in [0.05, 0.1) is 36.6 Å². The summed E-state index contributed by atoms with van der Waals surface area (Å²) in [5, 5.41) is 3.81. The summed E-state index contributed by atoms with van der Waals surface area (Å²) in [6.07, 6.45) is 0. The number of amides is 1. The molecule has 0 bridgehead atoms. The minimum Gasteiger partial charge on any atom is -0.497 e. The normalized spacial score (nSPS) is 15.4. The average molecular weight is 464 g/mol. The zero-order chi connectivity index (χ0) is 22.6. The van der Waals surface area contributed by atoms with E-state index < -0.39 is 0 Å². The molecule has 3 heterocycles. The van der Waals surface area contributed by atoms with Crippen LogP contribution in [0.1, 0.15) is 22.2 Å². The predicted molar refractivity (Wildman–Crippen MR) is 128 cm³/mol. The number of nitrogens with zero attached hydrogens (tertiary/aromatic N) is 2. The number of furan rings is 1. The molecular weight excluding hydrogens is 438 g/mol. The summed E-state index contributed by atoms with van der Waals surface area (Å²) in [6, 6.07) is 19.5. The van der Waals surface area contributed by atoms with Gasteiger partial charge in [0.2, 0.25) is 0 Å². The van der Waals surface area contributed by atoms with E-state index in [-0.39, 0.29) is 17.7 Å². The molecule has 0 unspecified atom stereocenters. The monoisotopic (exact) mass is 463 g/mol. The van der Waals surface area contributed by atoms with Gasteiger partial charge < -0.3 is 19.2 Å². The largest absolute Gasteiger partial charge is 0.497 e. The summed E-state index contributed by atoms with van der Waals surface area (Å²) in [5.74, 6) is 1.44. The first-order valence-electron chi connectivity index (χ1n) is 10.9. The van der Waals surface area contributed by atoms with E-state index in [1.54, 1.807) is 30.6 Å². The number of carbonyl (C=O) groups is 1. The van der Waals surface area contributed by atoms with E-state index >= 15 is 0 Å². The molecule has 5 rings (SSSR count). The first-order valence-corrected chi connectivity index (χ1v) is 11.7. The molecule has 170 valence electrons. The van der Waals surface area contributed by atoms with Crippen LogP contribution in [0.15, 0.2) is 65.1 Å². The number of thiazole rings is 1. The van der Waals surface area contributed by atoms with Crippen molar-refractivity contribution in [3.8, 4) is 16.5 Å². The fraction of sp³-hybridized carbons (Fsp3) is 0.280. The van der Waals surface area contributed by atoms with E-state index in [1.807, 2.05) is 48.5 Å². The summed E-state index contributed by atoms with van der Waals surface area (Å²) in [6.45, 7) is 3.46. The van der Waals surface area contributed by atoms with Gasteiger partial charge in [-0.2, -0.15) is 0 Å². The van der Waals surface area contributed by atoms with Gasteiger partial charge in [-0.3, -0.25) is 9.69 Å². The van der Waals surface area contributed by atoms with Gasteiger partial charge in [-0.1, -0.05) is 24.3 Å². The second kappa shape index (κ2) is 9.74. The van der Waals surface area contributed by atoms with Crippen LogP contribution in [0.4, 0.5) is 0 Å². The second-order valence-electron chi connectivity index (χ2n) is 7.80. The highest BCUT2D eigenvalue weighted by molar-refractivity contribution is 7.21. The molecule has 33 heavy (non-hydrogen) atoms. The lowest BCUT2D eigenvalue weighted by molar-refractivity contribution is 0.0161. The maximum Gasteiger partial charge on any atom is 0.287 e. The van der Waals surface area contributed by atoms with Gasteiger partial charge in [0.15, 0.2) is 16.5 Å². The number of hydrogen-bond donors (Lipinski definition) is 1. The number of hydrogen-bond acceptors (Lipinski definition) is 7. The van der Waals surface area contributed by atoms with E-state index in [4.69, 9.17) is 13.9 Å². The van der Waals surface area contributed by atoms with Crippen LogP contribution in [0.3, 0.4) is 0 Å². The molecule has 2 aromatic heterocycles. The molecule has 1 saturated heterocycles. The van der Waals surface area contributed by atoms with Crippen molar-refractivity contribution in [2.24, 2.45) is 0 Å². The third-order valence-corrected chi connectivity index (χ3v) is 6.83. The highest BCUT2D eigenvalue weighted by Gasteiger charge is 2.24. The minimum atomic E-state index is -0.242. The van der Waals surface area contributed by atoms with Crippen LogP contribution in [0.2, 0.25) is 0 Å². The lowest BCUT2D eigenvalue weighted by Gasteiger charge is -2.34. The molecule has 0 aliphatic carbocycles. The van der Waals surface area contributed by atoms with Crippen molar-refractivity contribution in [1.29, 1.82) is 0 Å². The Kier molecular flexibility index (Phi) is 6.39. The van der Waals surface area contributed by atoms with Crippen LogP contribution < -0.4 is 10.1 Å². The third-order valence-electron chi connectivity index (χ3n) is 5.78. The minimum absolute atomic E-state index is 0.0300. The molecule has 2 aromatic carbocycles. The number of methoxy groups -OCH3 is 1. The molecular formula is C25H25N3O4S. The SMILES string of the molecule is COc1ccc([C@@H](CNC(=O)c2ccc(-c3nc4ccccc4s3)o2)N2CCOCC2)cc1. The summed E-state index contributed by atoms with van der Waals surface area (Å²) in [7, 11) is 1.65. The number of carbonyl (C=O) groups excluding carboxylic acids is 1. The van der Waals surface area contributed by atoms with Crippen LogP contribution in [-0.2, 0) is 4.74 Å². The number of aromatic nitrogens is 1. The Morgan fingerprint density at radius 2 is 1.91 bits per heavy atom. The van der Waals surface area contributed by atoms with Gasteiger partial charge in [0.25, 0.3) is 5.91 Å². The van der Waals surface area contributed by atoms with Crippen molar-refractivity contribution in [1.82, 2.24) is 15.2 Å². The Morgan fingerprint density at radius 3 is 2.67 bits per heavy atom. The lowest BCUT2D eigenvalue weighted by atomic mass is 10.0. The van der Waals surface area contributed by atoms with Gasteiger partial charge in [-0.05, 0) is 42.0 Å². The average Bonchev–Trinajstić information content (AvgIpc) is 3.52. The van der Waals surface area contributed by atoms with Crippen molar-refractivity contribution < 1.29 is 18.7 Å². The van der Waals surface area contributed by atoms with Gasteiger partial charge in [0, 0.05) is 19.6 Å². The Hall–Kier alpha value is -3.20. The van der Waals surface area contributed by atoms with Gasteiger partial charge in [-0.15, -0.1) is 11.3 Å². The predicted octanol–water partition coefficient (Wildman–Crippen LogP) is 4.37. The van der Waals surface area contributed by atoms with Crippen LogP contribution in [0.25, 0.3) is 21.0 Å². The van der Waals surface area contributed by atoms with Crippen LogP contribution in [0, 0.1) is 0 Å². The zero-order valence-electron chi connectivity index (χ0n) is 18.3. The van der Waals surface area contributed by atoms with Crippen LogP contribution in [-0.4, -0.2) is 55.7 Å². The molecule has 1 aliphatic heterocycles. The molecule has 1 N–H and O–H groups in total.